The van der Waals surface area contributed by atoms with Gasteiger partial charge in [-0.1, -0.05) is 29.8 Å². The number of aryl methyl sites for hydroxylation is 1. The summed E-state index contributed by atoms with van der Waals surface area (Å²) in [6.45, 7) is 2.63. The Bertz CT molecular complexity index is 1260. The summed E-state index contributed by atoms with van der Waals surface area (Å²) in [6, 6.07) is 14.7. The Balaban J connectivity index is 1.40. The van der Waals surface area contributed by atoms with Crippen LogP contribution in [0.3, 0.4) is 0 Å². The fourth-order valence-corrected chi connectivity index (χ4v) is 5.40. The van der Waals surface area contributed by atoms with Gasteiger partial charge in [0, 0.05) is 37.5 Å². The summed E-state index contributed by atoms with van der Waals surface area (Å²) in [7, 11) is 0. The van der Waals surface area contributed by atoms with E-state index in [2.05, 4.69) is 10.1 Å². The van der Waals surface area contributed by atoms with E-state index in [0.29, 0.717) is 28.7 Å². The molecule has 1 saturated heterocycles. The Morgan fingerprint density at radius 3 is 2.61 bits per heavy atom. The smallest absolute Gasteiger partial charge is 0.264 e. The van der Waals surface area contributed by atoms with E-state index in [9.17, 15) is 4.79 Å². The number of rotatable bonds is 3. The molecular formula is C23H20ClFN4OS. The molecule has 1 aromatic carbocycles. The Labute approximate surface area is 188 Å². The Morgan fingerprint density at radius 2 is 1.90 bits per heavy atom. The average molecular weight is 455 g/mol. The van der Waals surface area contributed by atoms with Crippen molar-refractivity contribution in [2.45, 2.75) is 25.4 Å². The van der Waals surface area contributed by atoms with E-state index >= 15 is 4.39 Å². The van der Waals surface area contributed by atoms with Crippen molar-refractivity contribution in [3.63, 3.8) is 0 Å². The van der Waals surface area contributed by atoms with Crippen LogP contribution in [0.25, 0.3) is 15.9 Å². The van der Waals surface area contributed by atoms with Crippen LogP contribution in [0.1, 0.15) is 33.9 Å². The Hall–Kier alpha value is -2.77. The number of amides is 1. The van der Waals surface area contributed by atoms with Gasteiger partial charge in [0.05, 0.1) is 27.0 Å². The Kier molecular flexibility index (Phi) is 5.02. The minimum atomic E-state index is -1.49. The van der Waals surface area contributed by atoms with E-state index in [4.69, 9.17) is 11.6 Å². The lowest BCUT2D eigenvalue weighted by Gasteiger charge is -2.35. The number of benzene rings is 1. The second-order valence-corrected chi connectivity index (χ2v) is 9.19. The lowest BCUT2D eigenvalue weighted by Crippen LogP contribution is -2.43. The van der Waals surface area contributed by atoms with Gasteiger partial charge in [0.2, 0.25) is 0 Å². The van der Waals surface area contributed by atoms with Gasteiger partial charge in [-0.05, 0) is 37.3 Å². The summed E-state index contributed by atoms with van der Waals surface area (Å²) in [4.78, 5) is 20.6. The molecule has 1 fully saturated rings. The number of para-hydroxylation sites is 1. The zero-order valence-electron chi connectivity index (χ0n) is 16.9. The molecule has 0 unspecified atom stereocenters. The largest absolute Gasteiger partial charge is 0.338 e. The highest BCUT2D eigenvalue weighted by molar-refractivity contribution is 7.20. The Morgan fingerprint density at radius 1 is 1.16 bits per heavy atom. The highest BCUT2D eigenvalue weighted by atomic mass is 35.5. The van der Waals surface area contributed by atoms with Crippen molar-refractivity contribution in [3.05, 3.63) is 76.0 Å². The summed E-state index contributed by atoms with van der Waals surface area (Å²) in [6.07, 6.45) is 2.09. The molecule has 4 aromatic rings. The second kappa shape index (κ2) is 7.73. The van der Waals surface area contributed by atoms with Crippen molar-refractivity contribution in [1.82, 2.24) is 19.7 Å². The fourth-order valence-electron chi connectivity index (χ4n) is 4.04. The molecule has 1 amide bonds. The number of hydrogen-bond acceptors (Lipinski definition) is 4. The van der Waals surface area contributed by atoms with Crippen molar-refractivity contribution >= 4 is 39.1 Å². The third-order valence-electron chi connectivity index (χ3n) is 5.80. The van der Waals surface area contributed by atoms with E-state index in [0.717, 1.165) is 21.6 Å². The molecule has 0 aliphatic carbocycles. The van der Waals surface area contributed by atoms with Crippen LogP contribution in [0.4, 0.5) is 4.39 Å². The predicted molar refractivity (Wildman–Crippen MR) is 121 cm³/mol. The molecular weight excluding hydrogens is 435 g/mol. The summed E-state index contributed by atoms with van der Waals surface area (Å²) in [5.41, 5.74) is 0.569. The van der Waals surface area contributed by atoms with Gasteiger partial charge in [-0.15, -0.1) is 11.3 Å². The van der Waals surface area contributed by atoms with Crippen molar-refractivity contribution in [3.8, 4) is 5.69 Å². The highest BCUT2D eigenvalue weighted by Gasteiger charge is 2.39. The molecule has 158 valence electrons. The maximum atomic E-state index is 15.4. The van der Waals surface area contributed by atoms with E-state index in [-0.39, 0.29) is 18.7 Å². The number of hydrogen-bond donors (Lipinski definition) is 0. The molecule has 5 nitrogen and oxygen atoms in total. The number of carbonyl (C=O) groups is 1. The number of piperidine rings is 1. The number of carbonyl (C=O) groups excluding carboxylic acids is 1. The minimum absolute atomic E-state index is 0.0746. The molecule has 0 N–H and O–H groups in total. The molecule has 31 heavy (non-hydrogen) atoms. The van der Waals surface area contributed by atoms with E-state index in [1.807, 2.05) is 37.3 Å². The van der Waals surface area contributed by atoms with E-state index < -0.39 is 5.67 Å². The molecule has 0 spiro atoms. The van der Waals surface area contributed by atoms with Crippen LogP contribution in [0.15, 0.2) is 54.7 Å². The predicted octanol–water partition coefficient (Wildman–Crippen LogP) is 5.54. The number of thiophene rings is 1. The molecule has 4 heterocycles. The summed E-state index contributed by atoms with van der Waals surface area (Å²) in [5.74, 6) is -0.0746. The quantitative estimate of drug-likeness (QED) is 0.408. The molecule has 0 bridgehead atoms. The van der Waals surface area contributed by atoms with Crippen LogP contribution in [-0.2, 0) is 5.67 Å². The van der Waals surface area contributed by atoms with Crippen molar-refractivity contribution in [1.29, 1.82) is 0 Å². The molecule has 8 heteroatoms. The van der Waals surface area contributed by atoms with Gasteiger partial charge < -0.3 is 4.90 Å². The molecule has 0 saturated carbocycles. The maximum Gasteiger partial charge on any atom is 0.264 e. The van der Waals surface area contributed by atoms with Crippen molar-refractivity contribution in [2.24, 2.45) is 0 Å². The topological polar surface area (TPSA) is 51.0 Å². The second-order valence-electron chi connectivity index (χ2n) is 7.75. The summed E-state index contributed by atoms with van der Waals surface area (Å²) < 4.78 is 17.2. The van der Waals surface area contributed by atoms with E-state index in [1.165, 1.54) is 11.3 Å². The molecule has 0 radical (unpaired) electrons. The standard InChI is InChI=1S/C23H20ClFN4OS/c1-15-16-14-19(31-22(16)29(27-15)18-7-3-2-6-17(18)24)21(30)28-12-9-23(25,10-13-28)20-8-4-5-11-26-20/h2-8,11,14H,9-10,12-13H2,1H3. The number of pyridine rings is 1. The van der Waals surface area contributed by atoms with Gasteiger partial charge in [0.1, 0.15) is 4.83 Å². The molecule has 5 rings (SSSR count). The van der Waals surface area contributed by atoms with Gasteiger partial charge in [-0.2, -0.15) is 5.10 Å². The maximum absolute atomic E-state index is 15.4. The monoisotopic (exact) mass is 454 g/mol. The number of likely N-dealkylation sites (tertiary alicyclic amines) is 1. The number of fused-ring (bicyclic) bond motifs is 1. The first kappa shape index (κ1) is 20.2. The van der Waals surface area contributed by atoms with Crippen molar-refractivity contribution < 1.29 is 9.18 Å². The number of alkyl halides is 1. The highest BCUT2D eigenvalue weighted by Crippen LogP contribution is 2.37. The SMILES string of the molecule is Cc1nn(-c2ccccc2Cl)c2sc(C(=O)N3CCC(F)(c4ccccn4)CC3)cc12. The number of halogens is 2. The molecule has 1 aliphatic heterocycles. The zero-order chi connectivity index (χ0) is 21.6. The summed E-state index contributed by atoms with van der Waals surface area (Å²) >= 11 is 7.76. The van der Waals surface area contributed by atoms with Gasteiger partial charge >= 0.3 is 0 Å². The van der Waals surface area contributed by atoms with Crippen LogP contribution in [0.2, 0.25) is 5.02 Å². The van der Waals surface area contributed by atoms with E-state index in [1.54, 1.807) is 34.0 Å². The fraction of sp³-hybridized carbons (Fsp3) is 0.261. The van der Waals surface area contributed by atoms with Crippen LogP contribution in [-0.4, -0.2) is 38.7 Å². The minimum Gasteiger partial charge on any atom is -0.338 e. The first-order chi connectivity index (χ1) is 15.0. The third kappa shape index (κ3) is 3.51. The zero-order valence-corrected chi connectivity index (χ0v) is 18.5. The average Bonchev–Trinajstić information content (AvgIpc) is 3.36. The molecule has 3 aromatic heterocycles. The van der Waals surface area contributed by atoms with Crippen LogP contribution in [0.5, 0.6) is 0 Å². The van der Waals surface area contributed by atoms with Crippen molar-refractivity contribution in [2.75, 3.05) is 13.1 Å². The van der Waals surface area contributed by atoms with Crippen LogP contribution < -0.4 is 0 Å². The lowest BCUT2D eigenvalue weighted by atomic mass is 9.89. The van der Waals surface area contributed by atoms with Gasteiger partial charge in [-0.3, -0.25) is 9.78 Å². The first-order valence-electron chi connectivity index (χ1n) is 10.1. The number of nitrogens with zero attached hydrogens (tertiary/aromatic N) is 4. The van der Waals surface area contributed by atoms with Crippen LogP contribution in [0, 0.1) is 6.92 Å². The van der Waals surface area contributed by atoms with Gasteiger partial charge in [0.15, 0.2) is 5.67 Å². The van der Waals surface area contributed by atoms with Crippen LogP contribution >= 0.6 is 22.9 Å². The normalized spacial score (nSPS) is 16.0. The third-order valence-corrected chi connectivity index (χ3v) is 7.22. The number of aromatic nitrogens is 3. The van der Waals surface area contributed by atoms with Gasteiger partial charge in [-0.25, -0.2) is 9.07 Å². The lowest BCUT2D eigenvalue weighted by molar-refractivity contribution is 0.0406. The van der Waals surface area contributed by atoms with Gasteiger partial charge in [0.25, 0.3) is 5.91 Å². The molecule has 1 aliphatic rings. The summed E-state index contributed by atoms with van der Waals surface area (Å²) in [5, 5.41) is 6.13. The first-order valence-corrected chi connectivity index (χ1v) is 11.3. The molecule has 0 atom stereocenters.